The van der Waals surface area contributed by atoms with Crippen LogP contribution in [0.3, 0.4) is 0 Å². The number of hydrogen-bond acceptors (Lipinski definition) is 2. The molecule has 2 heteroatoms. The molecule has 1 aromatic carbocycles. The molecule has 1 heterocycles. The van der Waals surface area contributed by atoms with Crippen molar-refractivity contribution in [3.05, 3.63) is 29.8 Å². The maximum atomic E-state index is 3.54. The van der Waals surface area contributed by atoms with Gasteiger partial charge in [-0.3, -0.25) is 0 Å². The number of rotatable bonds is 4. The van der Waals surface area contributed by atoms with Gasteiger partial charge in [-0.15, -0.1) is 11.8 Å². The summed E-state index contributed by atoms with van der Waals surface area (Å²) in [5, 5.41) is 3.54. The van der Waals surface area contributed by atoms with E-state index in [2.05, 4.69) is 43.4 Å². The number of benzene rings is 1. The van der Waals surface area contributed by atoms with E-state index >= 15 is 0 Å². The summed E-state index contributed by atoms with van der Waals surface area (Å²) in [5.74, 6) is 1.84. The summed E-state index contributed by atoms with van der Waals surface area (Å²) < 4.78 is 0. The zero-order valence-electron chi connectivity index (χ0n) is 10.2. The van der Waals surface area contributed by atoms with Crippen LogP contribution in [-0.2, 0) is 0 Å². The molecule has 1 aromatic rings. The summed E-state index contributed by atoms with van der Waals surface area (Å²) in [6.07, 6.45) is 2.69. The molecule has 1 saturated heterocycles. The van der Waals surface area contributed by atoms with Crippen molar-refractivity contribution in [2.45, 2.75) is 43.5 Å². The van der Waals surface area contributed by atoms with E-state index in [9.17, 15) is 0 Å². The highest BCUT2D eigenvalue weighted by molar-refractivity contribution is 7.99. The number of thioether (sulfide) groups is 1. The molecule has 0 radical (unpaired) electrons. The van der Waals surface area contributed by atoms with Crippen LogP contribution in [0.5, 0.6) is 0 Å². The molecule has 1 unspecified atom stereocenters. The summed E-state index contributed by atoms with van der Waals surface area (Å²) in [6.45, 7) is 5.69. The second-order valence-corrected chi connectivity index (χ2v) is 5.92. The molecule has 1 nitrogen and oxygen atoms in total. The Morgan fingerprint density at radius 3 is 2.62 bits per heavy atom. The van der Waals surface area contributed by atoms with Gasteiger partial charge in [-0.05, 0) is 43.0 Å². The van der Waals surface area contributed by atoms with E-state index in [0.717, 1.165) is 6.04 Å². The summed E-state index contributed by atoms with van der Waals surface area (Å²) in [7, 11) is 0. The van der Waals surface area contributed by atoms with Gasteiger partial charge in [-0.1, -0.05) is 26.0 Å². The third kappa shape index (κ3) is 3.26. The standard InChI is InChI=1S/C14H21NS/c1-11(2)12-5-7-14(8-6-12)16-10-13-4-3-9-15-13/h5-8,11,13,15H,3-4,9-10H2,1-2H3. The highest BCUT2D eigenvalue weighted by Crippen LogP contribution is 2.23. The van der Waals surface area contributed by atoms with Crippen molar-refractivity contribution in [1.82, 2.24) is 5.32 Å². The molecule has 0 bridgehead atoms. The van der Waals surface area contributed by atoms with Gasteiger partial charge in [0.25, 0.3) is 0 Å². The molecular formula is C14H21NS. The van der Waals surface area contributed by atoms with E-state index in [1.54, 1.807) is 0 Å². The Bertz CT molecular complexity index is 312. The van der Waals surface area contributed by atoms with Gasteiger partial charge < -0.3 is 5.32 Å². The van der Waals surface area contributed by atoms with Gasteiger partial charge in [0.1, 0.15) is 0 Å². The van der Waals surface area contributed by atoms with Crippen LogP contribution in [0.25, 0.3) is 0 Å². The molecule has 1 N–H and O–H groups in total. The zero-order valence-corrected chi connectivity index (χ0v) is 11.0. The molecule has 0 aliphatic carbocycles. The maximum Gasteiger partial charge on any atom is 0.0162 e. The topological polar surface area (TPSA) is 12.0 Å². The first-order chi connectivity index (χ1) is 7.75. The Morgan fingerprint density at radius 1 is 1.31 bits per heavy atom. The van der Waals surface area contributed by atoms with Crippen molar-refractivity contribution < 1.29 is 0 Å². The van der Waals surface area contributed by atoms with Crippen molar-refractivity contribution in [3.63, 3.8) is 0 Å². The third-order valence-corrected chi connectivity index (χ3v) is 4.33. The van der Waals surface area contributed by atoms with Crippen LogP contribution in [0, 0.1) is 0 Å². The van der Waals surface area contributed by atoms with E-state index in [4.69, 9.17) is 0 Å². The van der Waals surface area contributed by atoms with E-state index < -0.39 is 0 Å². The summed E-state index contributed by atoms with van der Waals surface area (Å²) in [5.41, 5.74) is 1.43. The lowest BCUT2D eigenvalue weighted by Crippen LogP contribution is -2.23. The minimum absolute atomic E-state index is 0.635. The minimum atomic E-state index is 0.635. The first kappa shape index (κ1) is 12.0. The maximum absolute atomic E-state index is 3.54. The van der Waals surface area contributed by atoms with Crippen LogP contribution in [0.1, 0.15) is 38.2 Å². The van der Waals surface area contributed by atoms with Crippen molar-refractivity contribution in [2.24, 2.45) is 0 Å². The average Bonchev–Trinajstić information content (AvgIpc) is 2.80. The predicted octanol–water partition coefficient (Wildman–Crippen LogP) is 3.65. The van der Waals surface area contributed by atoms with Crippen LogP contribution in [-0.4, -0.2) is 18.3 Å². The fourth-order valence-electron chi connectivity index (χ4n) is 2.04. The molecule has 1 aliphatic heterocycles. The van der Waals surface area contributed by atoms with Gasteiger partial charge in [-0.2, -0.15) is 0 Å². The Balaban J connectivity index is 1.84. The van der Waals surface area contributed by atoms with E-state index in [-0.39, 0.29) is 0 Å². The summed E-state index contributed by atoms with van der Waals surface area (Å²) in [4.78, 5) is 1.40. The predicted molar refractivity (Wildman–Crippen MR) is 72.3 cm³/mol. The smallest absolute Gasteiger partial charge is 0.0162 e. The largest absolute Gasteiger partial charge is 0.313 e. The fraction of sp³-hybridized carbons (Fsp3) is 0.571. The van der Waals surface area contributed by atoms with E-state index in [1.165, 1.54) is 35.6 Å². The lowest BCUT2D eigenvalue weighted by atomic mass is 10.0. The van der Waals surface area contributed by atoms with Crippen LogP contribution < -0.4 is 5.32 Å². The highest BCUT2D eigenvalue weighted by Gasteiger charge is 2.13. The van der Waals surface area contributed by atoms with Crippen LogP contribution in [0.15, 0.2) is 29.2 Å². The van der Waals surface area contributed by atoms with Gasteiger partial charge in [0.05, 0.1) is 0 Å². The first-order valence-corrected chi connectivity index (χ1v) is 7.20. The van der Waals surface area contributed by atoms with Crippen LogP contribution in [0.4, 0.5) is 0 Å². The quantitative estimate of drug-likeness (QED) is 0.799. The monoisotopic (exact) mass is 235 g/mol. The van der Waals surface area contributed by atoms with Crippen LogP contribution in [0.2, 0.25) is 0 Å². The van der Waals surface area contributed by atoms with E-state index in [1.807, 2.05) is 11.8 Å². The lowest BCUT2D eigenvalue weighted by Gasteiger charge is -2.10. The molecule has 0 aromatic heterocycles. The molecule has 0 spiro atoms. The normalized spacial score (nSPS) is 20.6. The molecule has 2 rings (SSSR count). The van der Waals surface area contributed by atoms with Crippen molar-refractivity contribution in [3.8, 4) is 0 Å². The number of hydrogen-bond donors (Lipinski definition) is 1. The van der Waals surface area contributed by atoms with Gasteiger partial charge in [0.15, 0.2) is 0 Å². The minimum Gasteiger partial charge on any atom is -0.313 e. The Hall–Kier alpha value is -0.470. The van der Waals surface area contributed by atoms with Gasteiger partial charge in [0.2, 0.25) is 0 Å². The van der Waals surface area contributed by atoms with Gasteiger partial charge in [0, 0.05) is 16.7 Å². The Labute approximate surface area is 103 Å². The molecule has 1 atom stereocenters. The second kappa shape index (κ2) is 5.74. The SMILES string of the molecule is CC(C)c1ccc(SCC2CCCN2)cc1. The molecule has 1 fully saturated rings. The Morgan fingerprint density at radius 2 is 2.06 bits per heavy atom. The average molecular weight is 235 g/mol. The van der Waals surface area contributed by atoms with Crippen molar-refractivity contribution >= 4 is 11.8 Å². The fourth-order valence-corrected chi connectivity index (χ4v) is 3.05. The molecule has 88 valence electrons. The molecule has 1 aliphatic rings. The molecular weight excluding hydrogens is 214 g/mol. The number of nitrogens with one attached hydrogen (secondary N) is 1. The summed E-state index contributed by atoms with van der Waals surface area (Å²) in [6, 6.07) is 9.77. The molecule has 0 saturated carbocycles. The lowest BCUT2D eigenvalue weighted by molar-refractivity contribution is 0.674. The van der Waals surface area contributed by atoms with Gasteiger partial charge >= 0.3 is 0 Å². The van der Waals surface area contributed by atoms with Gasteiger partial charge in [-0.25, -0.2) is 0 Å². The second-order valence-electron chi connectivity index (χ2n) is 4.83. The van der Waals surface area contributed by atoms with Crippen molar-refractivity contribution in [1.29, 1.82) is 0 Å². The first-order valence-electron chi connectivity index (χ1n) is 6.22. The summed E-state index contributed by atoms with van der Waals surface area (Å²) >= 11 is 1.98. The third-order valence-electron chi connectivity index (χ3n) is 3.16. The molecule has 16 heavy (non-hydrogen) atoms. The highest BCUT2D eigenvalue weighted by atomic mass is 32.2. The van der Waals surface area contributed by atoms with Crippen molar-refractivity contribution in [2.75, 3.05) is 12.3 Å². The van der Waals surface area contributed by atoms with E-state index in [0.29, 0.717) is 5.92 Å². The molecule has 0 amide bonds. The van der Waals surface area contributed by atoms with Crippen LogP contribution >= 0.6 is 11.8 Å². The zero-order chi connectivity index (χ0) is 11.4. The Kier molecular flexibility index (Phi) is 4.30.